The van der Waals surface area contributed by atoms with E-state index in [4.69, 9.17) is 5.73 Å². The lowest BCUT2D eigenvalue weighted by Gasteiger charge is -2.37. The lowest BCUT2D eigenvalue weighted by atomic mass is 9.75. The summed E-state index contributed by atoms with van der Waals surface area (Å²) in [6, 6.07) is 0. The molecule has 0 aromatic carbocycles. The Bertz CT molecular complexity index is 113. The highest BCUT2D eigenvalue weighted by atomic mass is 16.3. The van der Waals surface area contributed by atoms with E-state index in [1.54, 1.807) is 0 Å². The van der Waals surface area contributed by atoms with E-state index in [1.165, 1.54) is 0 Å². The highest BCUT2D eigenvalue weighted by Gasteiger charge is 2.34. The van der Waals surface area contributed by atoms with Gasteiger partial charge >= 0.3 is 0 Å². The smallest absolute Gasteiger partial charge is 0.0668 e. The van der Waals surface area contributed by atoms with Crippen LogP contribution in [0.3, 0.4) is 0 Å². The van der Waals surface area contributed by atoms with Crippen LogP contribution in [0.4, 0.5) is 0 Å². The van der Waals surface area contributed by atoms with Crippen molar-refractivity contribution in [1.29, 1.82) is 0 Å². The maximum absolute atomic E-state index is 9.93. The topological polar surface area (TPSA) is 46.2 Å². The van der Waals surface area contributed by atoms with E-state index in [-0.39, 0.29) is 5.41 Å². The van der Waals surface area contributed by atoms with Crippen LogP contribution in [-0.4, -0.2) is 17.3 Å². The average Bonchev–Trinajstić information content (AvgIpc) is 1.81. The van der Waals surface area contributed by atoms with Crippen LogP contribution in [0, 0.1) is 5.41 Å². The standard InChI is InChI=1S/C9H21NO/c1-8(2,3)9(4,11)6-5-7-10/h11H,5-7,10H2,1-4H3. The Morgan fingerprint density at radius 1 is 1.18 bits per heavy atom. The minimum atomic E-state index is -0.591. The van der Waals surface area contributed by atoms with Gasteiger partial charge in [-0.05, 0) is 31.7 Å². The molecule has 0 aromatic heterocycles. The third-order valence-electron chi connectivity index (χ3n) is 2.48. The van der Waals surface area contributed by atoms with E-state index < -0.39 is 5.60 Å². The van der Waals surface area contributed by atoms with Crippen LogP contribution in [-0.2, 0) is 0 Å². The molecule has 1 atom stereocenters. The second-order valence-electron chi connectivity index (χ2n) is 4.42. The molecule has 2 heteroatoms. The molecule has 0 fully saturated rings. The minimum absolute atomic E-state index is 0.0534. The molecule has 0 bridgehead atoms. The molecule has 2 nitrogen and oxygen atoms in total. The van der Waals surface area contributed by atoms with Crippen molar-refractivity contribution < 1.29 is 5.11 Å². The molecule has 1 unspecified atom stereocenters. The van der Waals surface area contributed by atoms with Crippen LogP contribution < -0.4 is 5.73 Å². The zero-order chi connectivity index (χ0) is 9.12. The molecule has 11 heavy (non-hydrogen) atoms. The Hall–Kier alpha value is -0.0800. The highest BCUT2D eigenvalue weighted by molar-refractivity contribution is 4.85. The summed E-state index contributed by atoms with van der Waals surface area (Å²) in [5, 5.41) is 9.93. The number of aliphatic hydroxyl groups is 1. The SMILES string of the molecule is CC(C)(C)C(C)(O)CCCN. The fourth-order valence-corrected chi connectivity index (χ4v) is 0.821. The van der Waals surface area contributed by atoms with E-state index in [2.05, 4.69) is 0 Å². The Balaban J connectivity index is 4.00. The largest absolute Gasteiger partial charge is 0.390 e. The molecular weight excluding hydrogens is 138 g/mol. The van der Waals surface area contributed by atoms with Crippen molar-refractivity contribution in [1.82, 2.24) is 0 Å². The Labute approximate surface area is 69.8 Å². The fourth-order valence-electron chi connectivity index (χ4n) is 0.821. The van der Waals surface area contributed by atoms with Crippen LogP contribution in [0.1, 0.15) is 40.5 Å². The zero-order valence-corrected chi connectivity index (χ0v) is 8.15. The first-order valence-corrected chi connectivity index (χ1v) is 4.24. The second-order valence-corrected chi connectivity index (χ2v) is 4.42. The molecule has 0 aromatic rings. The van der Waals surface area contributed by atoms with E-state index in [1.807, 2.05) is 27.7 Å². The third kappa shape index (κ3) is 3.21. The summed E-state index contributed by atoms with van der Waals surface area (Å²) in [6.07, 6.45) is 1.68. The van der Waals surface area contributed by atoms with Gasteiger partial charge in [0.1, 0.15) is 0 Å². The van der Waals surface area contributed by atoms with Crippen molar-refractivity contribution in [3.63, 3.8) is 0 Å². The molecule has 3 N–H and O–H groups in total. The quantitative estimate of drug-likeness (QED) is 0.656. The van der Waals surface area contributed by atoms with Gasteiger partial charge in [-0.25, -0.2) is 0 Å². The molecule has 0 aliphatic heterocycles. The molecule has 68 valence electrons. The molecule has 0 radical (unpaired) electrons. The van der Waals surface area contributed by atoms with Gasteiger partial charge in [0.05, 0.1) is 5.60 Å². The Morgan fingerprint density at radius 3 is 1.91 bits per heavy atom. The average molecular weight is 159 g/mol. The third-order valence-corrected chi connectivity index (χ3v) is 2.48. The first-order valence-electron chi connectivity index (χ1n) is 4.24. The summed E-state index contributed by atoms with van der Waals surface area (Å²) >= 11 is 0. The van der Waals surface area contributed by atoms with Crippen molar-refractivity contribution >= 4 is 0 Å². The molecule has 0 aliphatic rings. The van der Waals surface area contributed by atoms with Crippen LogP contribution in [0.5, 0.6) is 0 Å². The van der Waals surface area contributed by atoms with Gasteiger partial charge in [0.2, 0.25) is 0 Å². The molecule has 0 heterocycles. The van der Waals surface area contributed by atoms with Crippen LogP contribution in [0.15, 0.2) is 0 Å². The summed E-state index contributed by atoms with van der Waals surface area (Å²) in [4.78, 5) is 0. The van der Waals surface area contributed by atoms with Crippen molar-refractivity contribution in [2.45, 2.75) is 46.1 Å². The monoisotopic (exact) mass is 159 g/mol. The number of hydrogen-bond acceptors (Lipinski definition) is 2. The normalized spacial score (nSPS) is 18.0. The van der Waals surface area contributed by atoms with E-state index in [0.717, 1.165) is 12.8 Å². The van der Waals surface area contributed by atoms with Crippen molar-refractivity contribution in [3.05, 3.63) is 0 Å². The summed E-state index contributed by atoms with van der Waals surface area (Å²) in [6.45, 7) is 8.67. The predicted molar refractivity (Wildman–Crippen MR) is 48.4 cm³/mol. The molecule has 0 spiro atoms. The lowest BCUT2D eigenvalue weighted by Crippen LogP contribution is -2.39. The summed E-state index contributed by atoms with van der Waals surface area (Å²) in [7, 11) is 0. The minimum Gasteiger partial charge on any atom is -0.390 e. The molecule has 0 saturated heterocycles. The van der Waals surface area contributed by atoms with Crippen molar-refractivity contribution in [3.8, 4) is 0 Å². The highest BCUT2D eigenvalue weighted by Crippen LogP contribution is 2.33. The summed E-state index contributed by atoms with van der Waals surface area (Å²) in [5.74, 6) is 0. The lowest BCUT2D eigenvalue weighted by molar-refractivity contribution is -0.0488. The van der Waals surface area contributed by atoms with Crippen molar-refractivity contribution in [2.75, 3.05) is 6.54 Å². The van der Waals surface area contributed by atoms with Crippen LogP contribution in [0.25, 0.3) is 0 Å². The van der Waals surface area contributed by atoms with Crippen LogP contribution in [0.2, 0.25) is 0 Å². The first kappa shape index (κ1) is 10.9. The van der Waals surface area contributed by atoms with Gasteiger partial charge in [-0.3, -0.25) is 0 Å². The zero-order valence-electron chi connectivity index (χ0n) is 8.15. The maximum atomic E-state index is 9.93. The van der Waals surface area contributed by atoms with Gasteiger partial charge in [0.25, 0.3) is 0 Å². The Morgan fingerprint density at radius 2 is 1.64 bits per heavy atom. The van der Waals surface area contributed by atoms with E-state index in [0.29, 0.717) is 6.54 Å². The van der Waals surface area contributed by atoms with Gasteiger partial charge in [-0.2, -0.15) is 0 Å². The molecule has 0 rings (SSSR count). The second kappa shape index (κ2) is 3.55. The molecule has 0 amide bonds. The first-order chi connectivity index (χ1) is 4.81. The van der Waals surface area contributed by atoms with Gasteiger partial charge in [-0.15, -0.1) is 0 Å². The van der Waals surface area contributed by atoms with Gasteiger partial charge in [-0.1, -0.05) is 20.8 Å². The van der Waals surface area contributed by atoms with Crippen molar-refractivity contribution in [2.24, 2.45) is 11.1 Å². The molecule has 0 saturated carbocycles. The maximum Gasteiger partial charge on any atom is 0.0668 e. The number of nitrogens with two attached hydrogens (primary N) is 1. The predicted octanol–water partition coefficient (Wildman–Crippen LogP) is 1.52. The molecular formula is C9H21NO. The Kier molecular flexibility index (Phi) is 3.52. The van der Waals surface area contributed by atoms with Crippen LogP contribution >= 0.6 is 0 Å². The number of rotatable bonds is 3. The van der Waals surface area contributed by atoms with E-state index >= 15 is 0 Å². The van der Waals surface area contributed by atoms with Gasteiger partial charge in [0, 0.05) is 0 Å². The summed E-state index contributed by atoms with van der Waals surface area (Å²) in [5.41, 5.74) is 4.72. The van der Waals surface area contributed by atoms with Gasteiger partial charge < -0.3 is 10.8 Å². The molecule has 0 aliphatic carbocycles. The van der Waals surface area contributed by atoms with Gasteiger partial charge in [0.15, 0.2) is 0 Å². The number of hydrogen-bond donors (Lipinski definition) is 2. The fraction of sp³-hybridized carbons (Fsp3) is 1.00. The van der Waals surface area contributed by atoms with E-state index in [9.17, 15) is 5.11 Å². The summed E-state index contributed by atoms with van der Waals surface area (Å²) < 4.78 is 0.